The Morgan fingerprint density at radius 1 is 0.818 bits per heavy atom. The summed E-state index contributed by atoms with van der Waals surface area (Å²) >= 11 is 0. The van der Waals surface area contributed by atoms with Crippen molar-refractivity contribution in [2.45, 2.75) is 12.5 Å². The van der Waals surface area contributed by atoms with Crippen LogP contribution in [0, 0.1) is 0 Å². The molecule has 1 N–H and O–H groups in total. The molecule has 0 atom stereocenters. The lowest BCUT2D eigenvalue weighted by Crippen LogP contribution is -2.18. The van der Waals surface area contributed by atoms with Crippen molar-refractivity contribution in [3.63, 3.8) is 0 Å². The highest BCUT2D eigenvalue weighted by Gasteiger charge is 2.36. The fourth-order valence-corrected chi connectivity index (χ4v) is 1.90. The van der Waals surface area contributed by atoms with Gasteiger partial charge in [-0.1, -0.05) is 18.2 Å². The summed E-state index contributed by atoms with van der Waals surface area (Å²) < 4.78 is 79.8. The van der Waals surface area contributed by atoms with Crippen molar-refractivity contribution in [2.75, 3.05) is 0 Å². The van der Waals surface area contributed by atoms with E-state index in [0.29, 0.717) is 6.07 Å². The molecule has 118 valence electrons. The number of benzene rings is 2. The Bertz CT molecular complexity index is 676. The second-order valence-electron chi connectivity index (χ2n) is 4.27. The third-order valence-corrected chi connectivity index (χ3v) is 2.71. The first-order chi connectivity index (χ1) is 10.1. The van der Waals surface area contributed by atoms with Crippen molar-refractivity contribution in [3.05, 3.63) is 48.0 Å². The molecular formula is C14H8F6O2. The first-order valence-electron chi connectivity index (χ1n) is 5.83. The van der Waals surface area contributed by atoms with E-state index in [2.05, 4.69) is 4.74 Å². The van der Waals surface area contributed by atoms with Crippen molar-refractivity contribution in [3.8, 4) is 22.6 Å². The molecule has 0 saturated carbocycles. The van der Waals surface area contributed by atoms with E-state index in [4.69, 9.17) is 0 Å². The molecule has 8 heteroatoms. The monoisotopic (exact) mass is 322 g/mol. The van der Waals surface area contributed by atoms with Gasteiger partial charge in [-0.15, -0.1) is 13.2 Å². The number of phenols is 1. The Morgan fingerprint density at radius 3 is 2.05 bits per heavy atom. The van der Waals surface area contributed by atoms with Crippen LogP contribution in [0.15, 0.2) is 42.5 Å². The Morgan fingerprint density at radius 2 is 1.45 bits per heavy atom. The number of hydrogen-bond acceptors (Lipinski definition) is 2. The summed E-state index contributed by atoms with van der Waals surface area (Å²) in [6.45, 7) is 0. The summed E-state index contributed by atoms with van der Waals surface area (Å²) in [6.07, 6.45) is -9.88. The van der Waals surface area contributed by atoms with Crippen LogP contribution in [0.1, 0.15) is 5.56 Å². The minimum atomic E-state index is -5.04. The number of aromatic hydroxyl groups is 1. The zero-order valence-corrected chi connectivity index (χ0v) is 10.7. The van der Waals surface area contributed by atoms with E-state index >= 15 is 0 Å². The average molecular weight is 322 g/mol. The van der Waals surface area contributed by atoms with Crippen LogP contribution in [-0.4, -0.2) is 11.5 Å². The lowest BCUT2D eigenvalue weighted by molar-refractivity contribution is -0.274. The van der Waals surface area contributed by atoms with E-state index in [1.807, 2.05) is 0 Å². The van der Waals surface area contributed by atoms with Crippen molar-refractivity contribution in [1.29, 1.82) is 0 Å². The molecule has 0 bridgehead atoms. The summed E-state index contributed by atoms with van der Waals surface area (Å²) in [5.41, 5.74) is -2.16. The van der Waals surface area contributed by atoms with Crippen LogP contribution in [0.25, 0.3) is 11.1 Å². The summed E-state index contributed by atoms with van der Waals surface area (Å²) in [6, 6.07) is 6.76. The molecule has 0 amide bonds. The Labute approximate surface area is 120 Å². The molecule has 0 aliphatic rings. The van der Waals surface area contributed by atoms with E-state index in [0.717, 1.165) is 24.3 Å². The molecule has 0 spiro atoms. The van der Waals surface area contributed by atoms with E-state index in [1.165, 1.54) is 12.1 Å². The average Bonchev–Trinajstić information content (AvgIpc) is 2.37. The highest BCUT2D eigenvalue weighted by atomic mass is 19.4. The molecular weight excluding hydrogens is 314 g/mol. The van der Waals surface area contributed by atoms with Gasteiger partial charge in [0.2, 0.25) is 0 Å². The van der Waals surface area contributed by atoms with Gasteiger partial charge in [-0.3, -0.25) is 0 Å². The Hall–Kier alpha value is -2.38. The van der Waals surface area contributed by atoms with E-state index in [9.17, 15) is 31.4 Å². The molecule has 0 aromatic heterocycles. The lowest BCUT2D eigenvalue weighted by Gasteiger charge is -2.17. The number of para-hydroxylation sites is 1. The van der Waals surface area contributed by atoms with E-state index < -0.39 is 35.2 Å². The Balaban J connectivity index is 2.63. The van der Waals surface area contributed by atoms with Crippen molar-refractivity contribution in [1.82, 2.24) is 0 Å². The number of hydrogen-bond donors (Lipinski definition) is 1. The van der Waals surface area contributed by atoms with Crippen molar-refractivity contribution in [2.24, 2.45) is 0 Å². The van der Waals surface area contributed by atoms with Crippen LogP contribution in [0.3, 0.4) is 0 Å². The fraction of sp³-hybridized carbons (Fsp3) is 0.143. The summed E-state index contributed by atoms with van der Waals surface area (Å²) in [5, 5.41) is 9.19. The normalized spacial score (nSPS) is 12.3. The topological polar surface area (TPSA) is 29.5 Å². The number of rotatable bonds is 2. The minimum absolute atomic E-state index is 0.382. The number of alkyl halides is 6. The molecule has 0 radical (unpaired) electrons. The van der Waals surface area contributed by atoms with Crippen LogP contribution < -0.4 is 4.74 Å². The van der Waals surface area contributed by atoms with Crippen LogP contribution >= 0.6 is 0 Å². The lowest BCUT2D eigenvalue weighted by atomic mass is 9.98. The van der Waals surface area contributed by atoms with E-state index in [1.54, 1.807) is 0 Å². The van der Waals surface area contributed by atoms with Gasteiger partial charge in [-0.25, -0.2) is 0 Å². The molecule has 2 rings (SSSR count). The smallest absolute Gasteiger partial charge is 0.508 e. The quantitative estimate of drug-likeness (QED) is 0.791. The third kappa shape index (κ3) is 3.63. The van der Waals surface area contributed by atoms with Gasteiger partial charge in [-0.05, 0) is 29.8 Å². The second-order valence-corrected chi connectivity index (χ2v) is 4.27. The molecule has 0 fully saturated rings. The maximum Gasteiger partial charge on any atom is 0.573 e. The largest absolute Gasteiger partial charge is 0.573 e. The zero-order chi connectivity index (χ0) is 16.5. The molecule has 2 nitrogen and oxygen atoms in total. The van der Waals surface area contributed by atoms with Crippen LogP contribution in [0.5, 0.6) is 11.5 Å². The Kier molecular flexibility index (Phi) is 3.95. The standard InChI is InChI=1S/C14H8F6O2/c15-13(16,17)11-7-8(21)5-6-9(11)10-3-1-2-4-12(10)22-14(18,19)20/h1-7,21H. The molecule has 22 heavy (non-hydrogen) atoms. The molecule has 0 saturated heterocycles. The number of ether oxygens (including phenoxy) is 1. The molecule has 2 aromatic rings. The maximum atomic E-state index is 13.0. The summed E-state index contributed by atoms with van der Waals surface area (Å²) in [5.74, 6) is -1.41. The highest BCUT2D eigenvalue weighted by Crippen LogP contribution is 2.42. The predicted molar refractivity (Wildman–Crippen MR) is 65.2 cm³/mol. The molecule has 0 unspecified atom stereocenters. The van der Waals surface area contributed by atoms with Gasteiger partial charge in [0, 0.05) is 5.56 Å². The summed E-state index contributed by atoms with van der Waals surface area (Å²) in [4.78, 5) is 0. The zero-order valence-electron chi connectivity index (χ0n) is 10.7. The molecule has 0 aliphatic heterocycles. The van der Waals surface area contributed by atoms with Gasteiger partial charge in [0.25, 0.3) is 0 Å². The minimum Gasteiger partial charge on any atom is -0.508 e. The first-order valence-corrected chi connectivity index (χ1v) is 5.83. The maximum absolute atomic E-state index is 13.0. The van der Waals surface area contributed by atoms with Crippen LogP contribution in [-0.2, 0) is 6.18 Å². The van der Waals surface area contributed by atoms with Crippen molar-refractivity contribution < 1.29 is 36.2 Å². The third-order valence-electron chi connectivity index (χ3n) is 2.71. The van der Waals surface area contributed by atoms with Gasteiger partial charge in [0.05, 0.1) is 5.56 Å². The predicted octanol–water partition coefficient (Wildman–Crippen LogP) is 4.98. The van der Waals surface area contributed by atoms with Gasteiger partial charge < -0.3 is 9.84 Å². The van der Waals surface area contributed by atoms with Crippen LogP contribution in [0.4, 0.5) is 26.3 Å². The molecule has 0 heterocycles. The number of phenolic OH excluding ortho intramolecular Hbond substituents is 1. The highest BCUT2D eigenvalue weighted by molar-refractivity contribution is 5.74. The second kappa shape index (κ2) is 5.43. The summed E-state index contributed by atoms with van der Waals surface area (Å²) in [7, 11) is 0. The fourth-order valence-electron chi connectivity index (χ4n) is 1.90. The van der Waals surface area contributed by atoms with Gasteiger partial charge in [0.15, 0.2) is 0 Å². The molecule has 0 aliphatic carbocycles. The van der Waals surface area contributed by atoms with Gasteiger partial charge in [-0.2, -0.15) is 13.2 Å². The van der Waals surface area contributed by atoms with E-state index in [-0.39, 0.29) is 5.56 Å². The SMILES string of the molecule is Oc1ccc(-c2ccccc2OC(F)(F)F)c(C(F)(F)F)c1. The van der Waals surface area contributed by atoms with Crippen LogP contribution in [0.2, 0.25) is 0 Å². The molecule has 2 aromatic carbocycles. The van der Waals surface area contributed by atoms with Gasteiger partial charge >= 0.3 is 12.5 Å². The number of halogens is 6. The first kappa shape index (κ1) is 16.0. The van der Waals surface area contributed by atoms with Gasteiger partial charge in [0.1, 0.15) is 11.5 Å². The van der Waals surface area contributed by atoms with Crippen molar-refractivity contribution >= 4 is 0 Å².